The SMILES string of the molecule is CCNC(=O)C1CN(C(=O)c2cccc3ccccc23)CC1CN1CCC(c2ccc(F)cc2)CC1. The molecule has 2 heterocycles. The molecular formula is C30H34FN3O2. The van der Waals surface area contributed by atoms with Crippen LogP contribution < -0.4 is 5.32 Å². The zero-order valence-electron chi connectivity index (χ0n) is 20.8. The molecule has 0 spiro atoms. The maximum atomic E-state index is 13.6. The van der Waals surface area contributed by atoms with Gasteiger partial charge in [-0.25, -0.2) is 4.39 Å². The highest BCUT2D eigenvalue weighted by atomic mass is 19.1. The van der Waals surface area contributed by atoms with Gasteiger partial charge < -0.3 is 15.1 Å². The fraction of sp³-hybridized carbons (Fsp3) is 0.400. The van der Waals surface area contributed by atoms with Crippen molar-refractivity contribution in [3.05, 3.63) is 83.7 Å². The average molecular weight is 488 g/mol. The Kier molecular flexibility index (Phi) is 7.33. The number of piperidine rings is 1. The van der Waals surface area contributed by atoms with Crippen LogP contribution in [0.4, 0.5) is 4.39 Å². The zero-order valence-corrected chi connectivity index (χ0v) is 20.8. The van der Waals surface area contributed by atoms with Crippen molar-refractivity contribution in [1.29, 1.82) is 0 Å². The number of benzene rings is 3. The number of amides is 2. The third-order valence-electron chi connectivity index (χ3n) is 7.86. The van der Waals surface area contributed by atoms with Crippen molar-refractivity contribution < 1.29 is 14.0 Å². The highest BCUT2D eigenvalue weighted by Crippen LogP contribution is 2.32. The minimum Gasteiger partial charge on any atom is -0.356 e. The molecule has 2 amide bonds. The Bertz CT molecular complexity index is 1220. The Morgan fingerprint density at radius 2 is 1.67 bits per heavy atom. The van der Waals surface area contributed by atoms with Crippen LogP contribution >= 0.6 is 0 Å². The van der Waals surface area contributed by atoms with Crippen molar-refractivity contribution in [1.82, 2.24) is 15.1 Å². The van der Waals surface area contributed by atoms with Crippen LogP contribution in [0.2, 0.25) is 0 Å². The first-order valence-corrected chi connectivity index (χ1v) is 13.1. The van der Waals surface area contributed by atoms with Crippen molar-refractivity contribution >= 4 is 22.6 Å². The summed E-state index contributed by atoms with van der Waals surface area (Å²) in [6.45, 7) is 6.24. The van der Waals surface area contributed by atoms with Crippen molar-refractivity contribution in [2.24, 2.45) is 11.8 Å². The van der Waals surface area contributed by atoms with Gasteiger partial charge in [0, 0.05) is 37.7 Å². The fourth-order valence-electron chi connectivity index (χ4n) is 5.92. The van der Waals surface area contributed by atoms with Crippen LogP contribution in [0.25, 0.3) is 10.8 Å². The molecule has 188 valence electrons. The van der Waals surface area contributed by atoms with E-state index in [0.29, 0.717) is 31.1 Å². The third kappa shape index (κ3) is 5.14. The molecular weight excluding hydrogens is 453 g/mol. The van der Waals surface area contributed by atoms with Crippen LogP contribution in [0, 0.1) is 17.7 Å². The first-order chi connectivity index (χ1) is 17.5. The van der Waals surface area contributed by atoms with Crippen LogP contribution in [-0.4, -0.2) is 60.9 Å². The summed E-state index contributed by atoms with van der Waals surface area (Å²) in [6, 6.07) is 20.7. The van der Waals surface area contributed by atoms with Crippen molar-refractivity contribution in [3.63, 3.8) is 0 Å². The number of likely N-dealkylation sites (tertiary alicyclic amines) is 2. The number of fused-ring (bicyclic) bond motifs is 1. The average Bonchev–Trinajstić information content (AvgIpc) is 3.33. The summed E-state index contributed by atoms with van der Waals surface area (Å²) in [7, 11) is 0. The van der Waals surface area contributed by atoms with Crippen LogP contribution in [0.5, 0.6) is 0 Å². The number of hydrogen-bond acceptors (Lipinski definition) is 3. The fourth-order valence-corrected chi connectivity index (χ4v) is 5.92. The lowest BCUT2D eigenvalue weighted by Gasteiger charge is -2.34. The van der Waals surface area contributed by atoms with Gasteiger partial charge in [-0.05, 0) is 73.3 Å². The highest BCUT2D eigenvalue weighted by Gasteiger charge is 2.41. The van der Waals surface area contributed by atoms with Crippen molar-refractivity contribution in [2.45, 2.75) is 25.7 Å². The Morgan fingerprint density at radius 3 is 2.42 bits per heavy atom. The molecule has 36 heavy (non-hydrogen) atoms. The van der Waals surface area contributed by atoms with Gasteiger partial charge >= 0.3 is 0 Å². The van der Waals surface area contributed by atoms with Crippen molar-refractivity contribution in [3.8, 4) is 0 Å². The summed E-state index contributed by atoms with van der Waals surface area (Å²) in [6.07, 6.45) is 2.03. The van der Waals surface area contributed by atoms with Crippen LogP contribution in [0.1, 0.15) is 41.6 Å². The van der Waals surface area contributed by atoms with Gasteiger partial charge in [-0.2, -0.15) is 0 Å². The topological polar surface area (TPSA) is 52.7 Å². The van der Waals surface area contributed by atoms with E-state index in [4.69, 9.17) is 0 Å². The van der Waals surface area contributed by atoms with Gasteiger partial charge in [-0.3, -0.25) is 9.59 Å². The summed E-state index contributed by atoms with van der Waals surface area (Å²) >= 11 is 0. The molecule has 6 heteroatoms. The Balaban J connectivity index is 1.28. The smallest absolute Gasteiger partial charge is 0.254 e. The Morgan fingerprint density at radius 1 is 0.944 bits per heavy atom. The molecule has 3 aromatic carbocycles. The van der Waals surface area contributed by atoms with Crippen LogP contribution in [0.15, 0.2) is 66.7 Å². The van der Waals surface area contributed by atoms with Gasteiger partial charge in [0.05, 0.1) is 5.92 Å². The van der Waals surface area contributed by atoms with Crippen molar-refractivity contribution in [2.75, 3.05) is 39.3 Å². The molecule has 2 unspecified atom stereocenters. The van der Waals surface area contributed by atoms with Gasteiger partial charge in [0.1, 0.15) is 5.82 Å². The largest absolute Gasteiger partial charge is 0.356 e. The van der Waals surface area contributed by atoms with E-state index in [9.17, 15) is 14.0 Å². The Labute approximate surface area is 212 Å². The summed E-state index contributed by atoms with van der Waals surface area (Å²) in [5.41, 5.74) is 1.90. The third-order valence-corrected chi connectivity index (χ3v) is 7.86. The maximum absolute atomic E-state index is 13.6. The Hall–Kier alpha value is -3.25. The van der Waals surface area contributed by atoms with Gasteiger partial charge in [0.15, 0.2) is 0 Å². The molecule has 0 aromatic heterocycles. The quantitative estimate of drug-likeness (QED) is 0.549. The van der Waals surface area contributed by atoms with Gasteiger partial charge in [-0.15, -0.1) is 0 Å². The first-order valence-electron chi connectivity index (χ1n) is 13.1. The lowest BCUT2D eigenvalue weighted by Crippen LogP contribution is -2.42. The van der Waals surface area contributed by atoms with Gasteiger partial charge in [0.2, 0.25) is 5.91 Å². The maximum Gasteiger partial charge on any atom is 0.254 e. The highest BCUT2D eigenvalue weighted by molar-refractivity contribution is 6.07. The van der Waals surface area contributed by atoms with E-state index in [1.165, 1.54) is 5.56 Å². The predicted octanol–water partition coefficient (Wildman–Crippen LogP) is 4.68. The van der Waals surface area contributed by atoms with Gasteiger partial charge in [-0.1, -0.05) is 48.5 Å². The molecule has 0 bridgehead atoms. The number of hydrogen-bond donors (Lipinski definition) is 1. The molecule has 3 aromatic rings. The van der Waals surface area contributed by atoms with E-state index >= 15 is 0 Å². The van der Waals surface area contributed by atoms with E-state index in [1.54, 1.807) is 12.1 Å². The number of halogens is 1. The summed E-state index contributed by atoms with van der Waals surface area (Å²) in [5.74, 6) is 0.164. The lowest BCUT2D eigenvalue weighted by atomic mass is 9.88. The molecule has 5 nitrogen and oxygen atoms in total. The standard InChI is InChI=1S/C30H34FN3O2/c1-2-32-29(35)28-20-34(30(36)27-9-5-7-23-6-3-4-8-26(23)27)19-24(28)18-33-16-14-22(15-17-33)21-10-12-25(31)13-11-21/h3-13,22,24,28H,2,14-20H2,1H3,(H,32,35). The predicted molar refractivity (Wildman–Crippen MR) is 140 cm³/mol. The monoisotopic (exact) mass is 487 g/mol. The van der Waals surface area contributed by atoms with Crippen LogP contribution in [-0.2, 0) is 4.79 Å². The van der Waals surface area contributed by atoms with E-state index in [-0.39, 0.29) is 29.5 Å². The number of nitrogens with one attached hydrogen (secondary N) is 1. The van der Waals surface area contributed by atoms with Gasteiger partial charge in [0.25, 0.3) is 5.91 Å². The molecule has 5 rings (SSSR count). The number of carbonyl (C=O) groups excluding carboxylic acids is 2. The second-order valence-electron chi connectivity index (χ2n) is 10.1. The number of nitrogens with zero attached hydrogens (tertiary/aromatic N) is 2. The summed E-state index contributed by atoms with van der Waals surface area (Å²) in [4.78, 5) is 30.9. The molecule has 2 fully saturated rings. The normalized spacial score (nSPS) is 21.1. The molecule has 0 aliphatic carbocycles. The molecule has 2 aliphatic heterocycles. The van der Waals surface area contributed by atoms with E-state index in [0.717, 1.165) is 43.2 Å². The minimum atomic E-state index is -0.210. The zero-order chi connectivity index (χ0) is 25.1. The first kappa shape index (κ1) is 24.4. The van der Waals surface area contributed by atoms with E-state index in [2.05, 4.69) is 10.2 Å². The molecule has 2 saturated heterocycles. The number of carbonyl (C=O) groups is 2. The molecule has 0 saturated carbocycles. The van der Waals surface area contributed by atoms with E-state index < -0.39 is 0 Å². The second kappa shape index (κ2) is 10.8. The van der Waals surface area contributed by atoms with E-state index in [1.807, 2.05) is 66.4 Å². The minimum absolute atomic E-state index is 0.00128. The number of rotatable bonds is 6. The molecule has 2 atom stereocenters. The summed E-state index contributed by atoms with van der Waals surface area (Å²) in [5, 5.41) is 4.99. The molecule has 1 N–H and O–H groups in total. The molecule has 0 radical (unpaired) electrons. The lowest BCUT2D eigenvalue weighted by molar-refractivity contribution is -0.125. The molecule has 2 aliphatic rings. The van der Waals surface area contributed by atoms with Crippen LogP contribution in [0.3, 0.4) is 0 Å². The summed E-state index contributed by atoms with van der Waals surface area (Å²) < 4.78 is 13.3. The second-order valence-corrected chi connectivity index (χ2v) is 10.1.